The van der Waals surface area contributed by atoms with Crippen molar-refractivity contribution in [3.63, 3.8) is 0 Å². The van der Waals surface area contributed by atoms with Gasteiger partial charge < -0.3 is 23.6 Å². The number of hydrogen-bond donors (Lipinski definition) is 0. The van der Waals surface area contributed by atoms with E-state index in [1.54, 1.807) is 7.11 Å². The molecule has 1 aromatic heterocycles. The number of carbonyl (C=O) groups excluding carboxylic acids is 1. The van der Waals surface area contributed by atoms with Gasteiger partial charge in [-0.2, -0.15) is 4.98 Å². The van der Waals surface area contributed by atoms with Gasteiger partial charge >= 0.3 is 0 Å². The number of morpholine rings is 1. The Bertz CT molecular complexity index is 687. The van der Waals surface area contributed by atoms with Gasteiger partial charge in [0.2, 0.25) is 11.8 Å². The molecular formula is C21H34N4O5. The van der Waals surface area contributed by atoms with Crippen LogP contribution in [0.1, 0.15) is 49.7 Å². The topological polar surface area (TPSA) is 90.2 Å². The maximum Gasteiger partial charge on any atom is 0.236 e. The number of carbonyl (C=O) groups is 1. The third kappa shape index (κ3) is 5.01. The molecule has 3 aliphatic rings. The van der Waals surface area contributed by atoms with Crippen LogP contribution in [0.5, 0.6) is 0 Å². The average molecular weight is 423 g/mol. The number of likely N-dealkylation sites (tertiary alicyclic amines) is 1. The fraction of sp³-hybridized carbons (Fsp3) is 0.857. The molecule has 9 heteroatoms. The van der Waals surface area contributed by atoms with Crippen LogP contribution in [0, 0.1) is 0 Å². The highest BCUT2D eigenvalue weighted by Crippen LogP contribution is 2.37. The molecule has 1 amide bonds. The minimum atomic E-state index is -0.318. The first-order valence-corrected chi connectivity index (χ1v) is 11.2. The van der Waals surface area contributed by atoms with Crippen LogP contribution in [0.3, 0.4) is 0 Å². The molecule has 0 aromatic carbocycles. The van der Waals surface area contributed by atoms with E-state index in [4.69, 9.17) is 23.7 Å². The van der Waals surface area contributed by atoms with Crippen molar-refractivity contribution in [3.05, 3.63) is 11.7 Å². The van der Waals surface area contributed by atoms with E-state index in [1.807, 2.05) is 4.90 Å². The summed E-state index contributed by atoms with van der Waals surface area (Å²) in [5, 5.41) is 4.40. The van der Waals surface area contributed by atoms with Crippen molar-refractivity contribution in [2.45, 2.75) is 43.4 Å². The summed E-state index contributed by atoms with van der Waals surface area (Å²) in [6, 6.07) is 0. The molecule has 0 radical (unpaired) electrons. The van der Waals surface area contributed by atoms with Gasteiger partial charge in [-0.15, -0.1) is 0 Å². The summed E-state index contributed by atoms with van der Waals surface area (Å²) < 4.78 is 22.0. The molecule has 0 saturated carbocycles. The predicted molar refractivity (Wildman–Crippen MR) is 108 cm³/mol. The second-order valence-corrected chi connectivity index (χ2v) is 8.67. The van der Waals surface area contributed by atoms with Gasteiger partial charge in [0.15, 0.2) is 5.82 Å². The molecule has 9 nitrogen and oxygen atoms in total. The molecule has 0 N–H and O–H groups in total. The van der Waals surface area contributed by atoms with Gasteiger partial charge in [0.1, 0.15) is 0 Å². The number of rotatable bonds is 7. The minimum absolute atomic E-state index is 0.173. The summed E-state index contributed by atoms with van der Waals surface area (Å²) >= 11 is 0. The molecular weight excluding hydrogens is 388 g/mol. The van der Waals surface area contributed by atoms with Crippen LogP contribution >= 0.6 is 0 Å². The molecule has 30 heavy (non-hydrogen) atoms. The monoisotopic (exact) mass is 422 g/mol. The zero-order valence-electron chi connectivity index (χ0n) is 18.0. The molecule has 1 aromatic rings. The first-order chi connectivity index (χ1) is 14.7. The third-order valence-electron chi connectivity index (χ3n) is 6.66. The fourth-order valence-corrected chi connectivity index (χ4v) is 4.75. The molecule has 3 fully saturated rings. The Kier molecular flexibility index (Phi) is 7.35. The van der Waals surface area contributed by atoms with Crippen LogP contribution in [-0.4, -0.2) is 98.7 Å². The summed E-state index contributed by atoms with van der Waals surface area (Å²) in [6.45, 7) is 6.94. The number of nitrogens with zero attached hydrogens (tertiary/aromatic N) is 4. The van der Waals surface area contributed by atoms with Crippen LogP contribution in [0.15, 0.2) is 4.52 Å². The molecule has 3 aliphatic heterocycles. The molecule has 4 heterocycles. The lowest BCUT2D eigenvalue weighted by atomic mass is 9.76. The molecule has 4 rings (SSSR count). The average Bonchev–Trinajstić information content (AvgIpc) is 3.30. The molecule has 0 spiro atoms. The summed E-state index contributed by atoms with van der Waals surface area (Å²) in [5.74, 6) is 1.88. The van der Waals surface area contributed by atoms with E-state index in [-0.39, 0.29) is 17.2 Å². The molecule has 0 bridgehead atoms. The number of amides is 1. The van der Waals surface area contributed by atoms with Crippen LogP contribution in [0.2, 0.25) is 0 Å². The van der Waals surface area contributed by atoms with Crippen molar-refractivity contribution >= 4 is 5.91 Å². The number of piperidine rings is 1. The minimum Gasteiger partial charge on any atom is -0.385 e. The normalized spacial score (nSPS) is 26.8. The quantitative estimate of drug-likeness (QED) is 0.647. The van der Waals surface area contributed by atoms with E-state index in [2.05, 4.69) is 10.1 Å². The summed E-state index contributed by atoms with van der Waals surface area (Å²) in [7, 11) is 1.71. The largest absolute Gasteiger partial charge is 0.385 e. The molecule has 168 valence electrons. The first kappa shape index (κ1) is 21.7. The van der Waals surface area contributed by atoms with Crippen LogP contribution < -0.4 is 0 Å². The van der Waals surface area contributed by atoms with Crippen LogP contribution in [0.25, 0.3) is 0 Å². The number of methoxy groups -OCH3 is 1. The zero-order valence-corrected chi connectivity index (χ0v) is 18.0. The third-order valence-corrected chi connectivity index (χ3v) is 6.66. The first-order valence-electron chi connectivity index (χ1n) is 11.2. The van der Waals surface area contributed by atoms with Gasteiger partial charge in [-0.05, 0) is 32.1 Å². The maximum absolute atomic E-state index is 13.0. The van der Waals surface area contributed by atoms with Gasteiger partial charge in [-0.3, -0.25) is 9.69 Å². The summed E-state index contributed by atoms with van der Waals surface area (Å²) in [6.07, 6.45) is 4.47. The van der Waals surface area contributed by atoms with E-state index in [0.717, 1.165) is 70.8 Å². The van der Waals surface area contributed by atoms with Gasteiger partial charge in [-0.1, -0.05) is 5.16 Å². The summed E-state index contributed by atoms with van der Waals surface area (Å²) in [5.41, 5.74) is -0.318. The van der Waals surface area contributed by atoms with Crippen molar-refractivity contribution in [3.8, 4) is 0 Å². The second-order valence-electron chi connectivity index (χ2n) is 8.67. The van der Waals surface area contributed by atoms with Gasteiger partial charge in [0.05, 0.1) is 25.2 Å². The highest BCUT2D eigenvalue weighted by Gasteiger charge is 2.42. The standard InChI is InChI=1S/C21H34N4O5/c1-27-12-6-21(20-22-19(30-23-20)17-3-10-28-11-4-17)5-2-7-25(16-21)18(26)15-24-8-13-29-14-9-24/h17H,2-16H2,1H3. The highest BCUT2D eigenvalue weighted by atomic mass is 16.5. The lowest BCUT2D eigenvalue weighted by molar-refractivity contribution is -0.136. The number of ether oxygens (including phenoxy) is 3. The van der Waals surface area contributed by atoms with Gasteiger partial charge in [-0.25, -0.2) is 0 Å². The Balaban J connectivity index is 1.47. The van der Waals surface area contributed by atoms with Crippen molar-refractivity contribution < 1.29 is 23.5 Å². The van der Waals surface area contributed by atoms with Gasteiger partial charge in [0, 0.05) is 59.0 Å². The predicted octanol–water partition coefficient (Wildman–Crippen LogP) is 1.19. The fourth-order valence-electron chi connectivity index (χ4n) is 4.75. The molecule has 1 unspecified atom stereocenters. The van der Waals surface area contributed by atoms with E-state index in [1.165, 1.54) is 0 Å². The summed E-state index contributed by atoms with van der Waals surface area (Å²) in [4.78, 5) is 22.0. The van der Waals surface area contributed by atoms with Gasteiger partial charge in [0.25, 0.3) is 0 Å². The van der Waals surface area contributed by atoms with Crippen LogP contribution in [0.4, 0.5) is 0 Å². The lowest BCUT2D eigenvalue weighted by Gasteiger charge is -2.41. The Hall–Kier alpha value is -1.55. The smallest absolute Gasteiger partial charge is 0.236 e. The maximum atomic E-state index is 13.0. The molecule has 0 aliphatic carbocycles. The SMILES string of the molecule is COCCC1(c2noc(C3CCOCC3)n2)CCCN(C(=O)CN2CCOCC2)C1. The van der Waals surface area contributed by atoms with E-state index >= 15 is 0 Å². The Morgan fingerprint density at radius 3 is 2.70 bits per heavy atom. The van der Waals surface area contributed by atoms with E-state index in [0.29, 0.717) is 38.8 Å². The highest BCUT2D eigenvalue weighted by molar-refractivity contribution is 5.78. The van der Waals surface area contributed by atoms with E-state index < -0.39 is 0 Å². The number of hydrogen-bond acceptors (Lipinski definition) is 8. The van der Waals surface area contributed by atoms with Crippen molar-refractivity contribution in [2.75, 3.05) is 72.9 Å². The van der Waals surface area contributed by atoms with Crippen molar-refractivity contribution in [1.29, 1.82) is 0 Å². The number of aromatic nitrogens is 2. The van der Waals surface area contributed by atoms with Crippen molar-refractivity contribution in [1.82, 2.24) is 19.9 Å². The lowest BCUT2D eigenvalue weighted by Crippen LogP contribution is -2.52. The Morgan fingerprint density at radius 1 is 1.17 bits per heavy atom. The molecule has 3 saturated heterocycles. The molecule has 1 atom stereocenters. The van der Waals surface area contributed by atoms with Crippen LogP contribution in [-0.2, 0) is 24.4 Å². The Morgan fingerprint density at radius 2 is 1.93 bits per heavy atom. The Labute approximate surface area is 178 Å². The van der Waals surface area contributed by atoms with E-state index in [9.17, 15) is 4.79 Å². The van der Waals surface area contributed by atoms with Crippen molar-refractivity contribution in [2.24, 2.45) is 0 Å². The zero-order chi connectivity index (χ0) is 20.8. The second kappa shape index (κ2) is 10.2.